The normalized spacial score (nSPS) is 17.2. The number of phenolic OH excluding ortho intramolecular Hbond substituents is 3. The predicted molar refractivity (Wildman–Crippen MR) is 74.9 cm³/mol. The Labute approximate surface area is 121 Å². The van der Waals surface area contributed by atoms with Crippen molar-refractivity contribution in [2.45, 2.75) is 19.4 Å². The first-order valence-corrected chi connectivity index (χ1v) is 6.51. The average Bonchev–Trinajstić information content (AvgIpc) is 2.40. The fourth-order valence-corrected chi connectivity index (χ4v) is 2.44. The number of fused-ring (bicyclic) bond motifs is 1. The Hall–Kier alpha value is -2.69. The van der Waals surface area contributed by atoms with Gasteiger partial charge >= 0.3 is 0 Å². The second kappa shape index (κ2) is 4.70. The number of hydrogen-bond acceptors (Lipinski definition) is 5. The van der Waals surface area contributed by atoms with E-state index < -0.39 is 6.10 Å². The number of carbonyl (C=O) groups excluding carboxylic acids is 1. The van der Waals surface area contributed by atoms with E-state index >= 15 is 0 Å². The number of Topliss-reactive ketones (excluding diaryl/α,β-unsaturated/α-hetero) is 1. The molecule has 108 valence electrons. The topological polar surface area (TPSA) is 87.0 Å². The van der Waals surface area contributed by atoms with Crippen molar-refractivity contribution in [3.05, 3.63) is 47.0 Å². The molecule has 2 aromatic carbocycles. The number of ketones is 1. The maximum absolute atomic E-state index is 12.2. The zero-order valence-corrected chi connectivity index (χ0v) is 11.3. The molecule has 1 aliphatic rings. The van der Waals surface area contributed by atoms with Crippen molar-refractivity contribution >= 4 is 5.78 Å². The Morgan fingerprint density at radius 3 is 2.57 bits per heavy atom. The highest BCUT2D eigenvalue weighted by Crippen LogP contribution is 2.42. The second-order valence-corrected chi connectivity index (χ2v) is 5.12. The summed E-state index contributed by atoms with van der Waals surface area (Å²) in [6.07, 6.45) is -0.494. The van der Waals surface area contributed by atoms with Crippen molar-refractivity contribution in [2.75, 3.05) is 0 Å². The molecule has 5 nitrogen and oxygen atoms in total. The van der Waals surface area contributed by atoms with E-state index in [9.17, 15) is 20.1 Å². The number of carbonyl (C=O) groups is 1. The summed E-state index contributed by atoms with van der Waals surface area (Å²) in [5, 5.41) is 29.0. The van der Waals surface area contributed by atoms with Gasteiger partial charge in [0.05, 0.1) is 6.42 Å². The monoisotopic (exact) mass is 286 g/mol. The van der Waals surface area contributed by atoms with Crippen LogP contribution in [-0.2, 0) is 0 Å². The van der Waals surface area contributed by atoms with Gasteiger partial charge < -0.3 is 20.1 Å². The summed E-state index contributed by atoms with van der Waals surface area (Å²) in [7, 11) is 0. The van der Waals surface area contributed by atoms with Crippen LogP contribution in [0.4, 0.5) is 0 Å². The molecule has 5 heteroatoms. The summed E-state index contributed by atoms with van der Waals surface area (Å²) in [6, 6.07) is 7.49. The second-order valence-electron chi connectivity index (χ2n) is 5.12. The first-order chi connectivity index (χ1) is 9.95. The molecule has 21 heavy (non-hydrogen) atoms. The van der Waals surface area contributed by atoms with Crippen molar-refractivity contribution in [1.29, 1.82) is 0 Å². The van der Waals surface area contributed by atoms with E-state index in [2.05, 4.69) is 0 Å². The predicted octanol–water partition coefficient (Wildman–Crippen LogP) is 2.82. The lowest BCUT2D eigenvalue weighted by Gasteiger charge is -2.26. The molecule has 1 aliphatic heterocycles. The van der Waals surface area contributed by atoms with Gasteiger partial charge in [0.2, 0.25) is 0 Å². The third kappa shape index (κ3) is 2.27. The van der Waals surface area contributed by atoms with Crippen LogP contribution in [0.3, 0.4) is 0 Å². The van der Waals surface area contributed by atoms with E-state index in [0.29, 0.717) is 5.56 Å². The van der Waals surface area contributed by atoms with Gasteiger partial charge in [-0.1, -0.05) is 12.1 Å². The summed E-state index contributed by atoms with van der Waals surface area (Å²) in [5.41, 5.74) is 1.48. The van der Waals surface area contributed by atoms with Gasteiger partial charge in [0.15, 0.2) is 5.78 Å². The van der Waals surface area contributed by atoms with Crippen molar-refractivity contribution < 1.29 is 24.9 Å². The van der Waals surface area contributed by atoms with E-state index in [1.54, 1.807) is 25.1 Å². The van der Waals surface area contributed by atoms with E-state index in [1.807, 2.05) is 0 Å². The molecule has 0 unspecified atom stereocenters. The molecule has 0 aromatic heterocycles. The Balaban J connectivity index is 2.01. The number of aromatic hydroxyl groups is 3. The molecule has 0 radical (unpaired) electrons. The molecule has 0 saturated heterocycles. The third-order valence-corrected chi connectivity index (χ3v) is 3.59. The number of ether oxygens (including phenoxy) is 1. The van der Waals surface area contributed by atoms with Crippen LogP contribution in [-0.4, -0.2) is 21.1 Å². The zero-order valence-electron chi connectivity index (χ0n) is 11.3. The standard InChI is InChI=1S/C16H14O5/c1-8-2-3-9(4-11(8)18)14-7-13(20)16-12(19)5-10(17)6-15(16)21-14/h2-6,14,17-19H,7H2,1H3/t14-/m0/s1. The molecule has 0 aliphatic carbocycles. The molecule has 1 heterocycles. The Morgan fingerprint density at radius 1 is 1.10 bits per heavy atom. The number of aryl methyl sites for hydroxylation is 1. The van der Waals surface area contributed by atoms with Crippen LogP contribution in [0.25, 0.3) is 0 Å². The lowest BCUT2D eigenvalue weighted by Crippen LogP contribution is -2.20. The molecule has 0 bridgehead atoms. The van der Waals surface area contributed by atoms with Gasteiger partial charge in [-0.2, -0.15) is 0 Å². The van der Waals surface area contributed by atoms with Gasteiger partial charge in [0.1, 0.15) is 34.7 Å². The van der Waals surface area contributed by atoms with Gasteiger partial charge in [-0.15, -0.1) is 0 Å². The van der Waals surface area contributed by atoms with Crippen molar-refractivity contribution in [1.82, 2.24) is 0 Å². The molecule has 0 saturated carbocycles. The maximum Gasteiger partial charge on any atom is 0.174 e. The fourth-order valence-electron chi connectivity index (χ4n) is 2.44. The zero-order chi connectivity index (χ0) is 15.1. The SMILES string of the molecule is Cc1ccc([C@@H]2CC(=O)c3c(O)cc(O)cc3O2)cc1O. The first kappa shape index (κ1) is 13.3. The van der Waals surface area contributed by atoms with E-state index in [4.69, 9.17) is 4.74 Å². The minimum Gasteiger partial charge on any atom is -0.508 e. The first-order valence-electron chi connectivity index (χ1n) is 6.51. The number of phenols is 3. The van der Waals surface area contributed by atoms with E-state index in [1.165, 1.54) is 6.07 Å². The highest BCUT2D eigenvalue weighted by Gasteiger charge is 2.30. The van der Waals surface area contributed by atoms with E-state index in [0.717, 1.165) is 11.6 Å². The van der Waals surface area contributed by atoms with Crippen LogP contribution >= 0.6 is 0 Å². The van der Waals surface area contributed by atoms with Crippen molar-refractivity contribution in [2.24, 2.45) is 0 Å². The molecule has 3 rings (SSSR count). The molecule has 2 aromatic rings. The summed E-state index contributed by atoms with van der Waals surface area (Å²) < 4.78 is 5.69. The quantitative estimate of drug-likeness (QED) is 0.750. The fraction of sp³-hybridized carbons (Fsp3) is 0.188. The highest BCUT2D eigenvalue weighted by atomic mass is 16.5. The molecule has 1 atom stereocenters. The third-order valence-electron chi connectivity index (χ3n) is 3.59. The van der Waals surface area contributed by atoms with Gasteiger partial charge in [0.25, 0.3) is 0 Å². The van der Waals surface area contributed by atoms with Crippen molar-refractivity contribution in [3.8, 4) is 23.0 Å². The van der Waals surface area contributed by atoms with Crippen LogP contribution in [0.15, 0.2) is 30.3 Å². The van der Waals surface area contributed by atoms with Gasteiger partial charge in [-0.25, -0.2) is 0 Å². The largest absolute Gasteiger partial charge is 0.508 e. The summed E-state index contributed by atoms with van der Waals surface area (Å²) in [6.45, 7) is 1.78. The summed E-state index contributed by atoms with van der Waals surface area (Å²) in [4.78, 5) is 12.2. The lowest BCUT2D eigenvalue weighted by atomic mass is 9.95. The molecule has 0 amide bonds. The van der Waals surface area contributed by atoms with Gasteiger partial charge in [-0.05, 0) is 24.1 Å². The summed E-state index contributed by atoms with van der Waals surface area (Å²) >= 11 is 0. The molecular formula is C16H14O5. The average molecular weight is 286 g/mol. The van der Waals surface area contributed by atoms with Crippen LogP contribution < -0.4 is 4.74 Å². The van der Waals surface area contributed by atoms with Crippen LogP contribution in [0.2, 0.25) is 0 Å². The van der Waals surface area contributed by atoms with Crippen molar-refractivity contribution in [3.63, 3.8) is 0 Å². The smallest absolute Gasteiger partial charge is 0.174 e. The summed E-state index contributed by atoms with van der Waals surface area (Å²) in [5.74, 6) is -0.451. The highest BCUT2D eigenvalue weighted by molar-refractivity contribution is 6.02. The van der Waals surface area contributed by atoms with Gasteiger partial charge in [0, 0.05) is 12.1 Å². The van der Waals surface area contributed by atoms with Crippen LogP contribution in [0.1, 0.15) is 34.0 Å². The number of hydrogen-bond donors (Lipinski definition) is 3. The molecule has 3 N–H and O–H groups in total. The number of benzene rings is 2. The minimum absolute atomic E-state index is 0.0633. The van der Waals surface area contributed by atoms with Gasteiger partial charge in [-0.3, -0.25) is 4.79 Å². The lowest BCUT2D eigenvalue weighted by molar-refractivity contribution is 0.0844. The molecule has 0 fully saturated rings. The Kier molecular flexibility index (Phi) is 2.97. The van der Waals surface area contributed by atoms with Crippen LogP contribution in [0.5, 0.6) is 23.0 Å². The Morgan fingerprint density at radius 2 is 1.86 bits per heavy atom. The number of rotatable bonds is 1. The molecule has 0 spiro atoms. The maximum atomic E-state index is 12.2. The minimum atomic E-state index is -0.558. The van der Waals surface area contributed by atoms with Crippen LogP contribution in [0, 0.1) is 6.92 Å². The van der Waals surface area contributed by atoms with E-state index in [-0.39, 0.29) is 40.8 Å². The molecular weight excluding hydrogens is 272 g/mol. The Bertz CT molecular complexity index is 736.